The maximum absolute atomic E-state index is 12.5. The number of nitrogens with one attached hydrogen (secondary N) is 2. The molecular formula is C18H14N6O2. The van der Waals surface area contributed by atoms with Crippen molar-refractivity contribution in [3.63, 3.8) is 0 Å². The Labute approximate surface area is 148 Å². The predicted octanol–water partition coefficient (Wildman–Crippen LogP) is 3.32. The summed E-state index contributed by atoms with van der Waals surface area (Å²) in [6, 6.07) is 11.1. The molecule has 1 amide bonds. The van der Waals surface area contributed by atoms with E-state index in [2.05, 4.69) is 30.7 Å². The van der Waals surface area contributed by atoms with E-state index in [1.165, 1.54) is 12.4 Å². The highest BCUT2D eigenvalue weighted by atomic mass is 16.5. The summed E-state index contributed by atoms with van der Waals surface area (Å²) in [4.78, 5) is 25.0. The van der Waals surface area contributed by atoms with Crippen molar-refractivity contribution in [2.75, 3.05) is 10.6 Å². The van der Waals surface area contributed by atoms with Crippen molar-refractivity contribution < 1.29 is 9.32 Å². The highest BCUT2D eigenvalue weighted by Gasteiger charge is 2.11. The second kappa shape index (κ2) is 6.60. The molecule has 3 aromatic heterocycles. The van der Waals surface area contributed by atoms with Gasteiger partial charge in [-0.05, 0) is 19.1 Å². The predicted molar refractivity (Wildman–Crippen MR) is 96.3 cm³/mol. The minimum atomic E-state index is -0.313. The first kappa shape index (κ1) is 15.7. The summed E-state index contributed by atoms with van der Waals surface area (Å²) in [7, 11) is 0. The number of rotatable bonds is 4. The van der Waals surface area contributed by atoms with Gasteiger partial charge < -0.3 is 15.2 Å². The van der Waals surface area contributed by atoms with Crippen molar-refractivity contribution in [3.05, 3.63) is 66.3 Å². The number of carbonyl (C=O) groups excluding carboxylic acids is 1. The highest BCUT2D eigenvalue weighted by Crippen LogP contribution is 2.21. The summed E-state index contributed by atoms with van der Waals surface area (Å²) in [5.74, 6) is 1.18. The first-order valence-electron chi connectivity index (χ1n) is 7.86. The van der Waals surface area contributed by atoms with Crippen molar-refractivity contribution in [2.24, 2.45) is 0 Å². The number of para-hydroxylation sites is 1. The lowest BCUT2D eigenvalue weighted by atomic mass is 10.2. The number of aryl methyl sites for hydroxylation is 1. The van der Waals surface area contributed by atoms with Crippen LogP contribution in [0.5, 0.6) is 0 Å². The van der Waals surface area contributed by atoms with Gasteiger partial charge in [0.25, 0.3) is 5.91 Å². The molecule has 0 spiro atoms. The summed E-state index contributed by atoms with van der Waals surface area (Å²) in [6.07, 6.45) is 4.57. The SMILES string of the molecule is Cc1cc(Nc2ncc(C(=O)Nc3cccc4cccnc34)cn2)no1. The molecule has 0 bridgehead atoms. The highest BCUT2D eigenvalue weighted by molar-refractivity contribution is 6.08. The van der Waals surface area contributed by atoms with Crippen LogP contribution in [0.4, 0.5) is 17.5 Å². The fourth-order valence-electron chi connectivity index (χ4n) is 2.45. The van der Waals surface area contributed by atoms with Crippen LogP contribution in [-0.2, 0) is 0 Å². The Balaban J connectivity index is 1.51. The Hall–Kier alpha value is -3.81. The number of amides is 1. The second-order valence-corrected chi connectivity index (χ2v) is 5.58. The van der Waals surface area contributed by atoms with Crippen LogP contribution in [0.25, 0.3) is 10.9 Å². The molecule has 4 aromatic rings. The zero-order chi connectivity index (χ0) is 17.9. The Morgan fingerprint density at radius 1 is 1.08 bits per heavy atom. The van der Waals surface area contributed by atoms with E-state index >= 15 is 0 Å². The zero-order valence-electron chi connectivity index (χ0n) is 13.8. The lowest BCUT2D eigenvalue weighted by Crippen LogP contribution is -2.13. The first-order chi connectivity index (χ1) is 12.7. The number of nitrogens with zero attached hydrogens (tertiary/aromatic N) is 4. The molecule has 0 unspecified atom stereocenters. The topological polar surface area (TPSA) is 106 Å². The molecule has 0 radical (unpaired) electrons. The summed E-state index contributed by atoms with van der Waals surface area (Å²) in [5.41, 5.74) is 1.69. The number of hydrogen-bond donors (Lipinski definition) is 2. The lowest BCUT2D eigenvalue weighted by Gasteiger charge is -2.08. The Bertz CT molecular complexity index is 1070. The number of aromatic nitrogens is 4. The van der Waals surface area contributed by atoms with E-state index in [0.717, 1.165) is 10.9 Å². The van der Waals surface area contributed by atoms with E-state index in [0.29, 0.717) is 28.8 Å². The van der Waals surface area contributed by atoms with Crippen LogP contribution in [0, 0.1) is 6.92 Å². The molecule has 0 aliphatic rings. The Morgan fingerprint density at radius 2 is 1.88 bits per heavy atom. The molecular weight excluding hydrogens is 332 g/mol. The summed E-state index contributed by atoms with van der Waals surface area (Å²) in [6.45, 7) is 1.79. The van der Waals surface area contributed by atoms with Crippen LogP contribution in [-0.4, -0.2) is 26.0 Å². The van der Waals surface area contributed by atoms with Gasteiger partial charge in [0.1, 0.15) is 5.76 Å². The number of carbonyl (C=O) groups is 1. The number of benzene rings is 1. The van der Waals surface area contributed by atoms with Gasteiger partial charge in [-0.1, -0.05) is 23.4 Å². The second-order valence-electron chi connectivity index (χ2n) is 5.58. The molecule has 8 nitrogen and oxygen atoms in total. The molecule has 3 heterocycles. The minimum Gasteiger partial charge on any atom is -0.360 e. The summed E-state index contributed by atoms with van der Waals surface area (Å²) in [5, 5.41) is 10.5. The number of fused-ring (bicyclic) bond motifs is 1. The van der Waals surface area contributed by atoms with E-state index in [1.54, 1.807) is 25.3 Å². The van der Waals surface area contributed by atoms with Crippen LogP contribution >= 0.6 is 0 Å². The van der Waals surface area contributed by atoms with Crippen molar-refractivity contribution in [2.45, 2.75) is 6.92 Å². The van der Waals surface area contributed by atoms with E-state index in [4.69, 9.17) is 4.52 Å². The van der Waals surface area contributed by atoms with Gasteiger partial charge in [0.15, 0.2) is 5.82 Å². The fraction of sp³-hybridized carbons (Fsp3) is 0.0556. The molecule has 128 valence electrons. The fourth-order valence-corrected chi connectivity index (χ4v) is 2.45. The molecule has 0 saturated heterocycles. The Kier molecular flexibility index (Phi) is 3.98. The molecule has 26 heavy (non-hydrogen) atoms. The number of hydrogen-bond acceptors (Lipinski definition) is 7. The lowest BCUT2D eigenvalue weighted by molar-refractivity contribution is 0.102. The molecule has 0 atom stereocenters. The molecule has 0 aliphatic heterocycles. The van der Waals surface area contributed by atoms with E-state index in [1.807, 2.05) is 24.3 Å². The Morgan fingerprint density at radius 3 is 2.65 bits per heavy atom. The van der Waals surface area contributed by atoms with Gasteiger partial charge in [-0.25, -0.2) is 9.97 Å². The van der Waals surface area contributed by atoms with Crippen molar-refractivity contribution in [3.8, 4) is 0 Å². The van der Waals surface area contributed by atoms with Crippen molar-refractivity contribution in [1.82, 2.24) is 20.1 Å². The van der Waals surface area contributed by atoms with Gasteiger partial charge in [0.05, 0.1) is 16.8 Å². The minimum absolute atomic E-state index is 0.313. The average Bonchev–Trinajstić information content (AvgIpc) is 3.07. The van der Waals surface area contributed by atoms with E-state index in [-0.39, 0.29) is 5.91 Å². The van der Waals surface area contributed by atoms with Crippen LogP contribution in [0.3, 0.4) is 0 Å². The van der Waals surface area contributed by atoms with E-state index < -0.39 is 0 Å². The molecule has 0 fully saturated rings. The molecule has 2 N–H and O–H groups in total. The average molecular weight is 346 g/mol. The molecule has 1 aromatic carbocycles. The quantitative estimate of drug-likeness (QED) is 0.584. The maximum atomic E-state index is 12.5. The first-order valence-corrected chi connectivity index (χ1v) is 7.86. The third kappa shape index (κ3) is 3.20. The van der Waals surface area contributed by atoms with Gasteiger partial charge in [-0.3, -0.25) is 9.78 Å². The monoisotopic (exact) mass is 346 g/mol. The smallest absolute Gasteiger partial charge is 0.258 e. The molecule has 0 aliphatic carbocycles. The van der Waals surface area contributed by atoms with Gasteiger partial charge in [-0.15, -0.1) is 0 Å². The van der Waals surface area contributed by atoms with Crippen LogP contribution in [0.1, 0.15) is 16.1 Å². The van der Waals surface area contributed by atoms with Crippen molar-refractivity contribution in [1.29, 1.82) is 0 Å². The number of pyridine rings is 1. The molecule has 8 heteroatoms. The molecule has 4 rings (SSSR count). The van der Waals surface area contributed by atoms with Gasteiger partial charge >= 0.3 is 0 Å². The third-order valence-electron chi connectivity index (χ3n) is 3.66. The maximum Gasteiger partial charge on any atom is 0.258 e. The largest absolute Gasteiger partial charge is 0.360 e. The summed E-state index contributed by atoms with van der Waals surface area (Å²) < 4.78 is 4.96. The number of anilines is 3. The van der Waals surface area contributed by atoms with Crippen molar-refractivity contribution >= 4 is 34.3 Å². The normalized spacial score (nSPS) is 10.7. The molecule has 0 saturated carbocycles. The van der Waals surface area contributed by atoms with Gasteiger partial charge in [0.2, 0.25) is 5.95 Å². The third-order valence-corrected chi connectivity index (χ3v) is 3.66. The van der Waals surface area contributed by atoms with Gasteiger partial charge in [-0.2, -0.15) is 0 Å². The zero-order valence-corrected chi connectivity index (χ0v) is 13.8. The standard InChI is InChI=1S/C18H14N6O2/c1-11-8-15(24-26-11)23-18-20-9-13(10-21-18)17(25)22-14-6-2-4-12-5-3-7-19-16(12)14/h2-10H,1H3,(H,22,25)(H,20,21,23,24). The van der Waals surface area contributed by atoms with Crippen LogP contribution < -0.4 is 10.6 Å². The van der Waals surface area contributed by atoms with E-state index in [9.17, 15) is 4.79 Å². The van der Waals surface area contributed by atoms with Crippen LogP contribution in [0.15, 0.2) is 59.5 Å². The van der Waals surface area contributed by atoms with Crippen LogP contribution in [0.2, 0.25) is 0 Å². The summed E-state index contributed by atoms with van der Waals surface area (Å²) >= 11 is 0. The van der Waals surface area contributed by atoms with Gasteiger partial charge in [0, 0.05) is 30.0 Å².